The van der Waals surface area contributed by atoms with Crippen molar-refractivity contribution in [1.29, 1.82) is 0 Å². The summed E-state index contributed by atoms with van der Waals surface area (Å²) in [4.78, 5) is -0.621. The Morgan fingerprint density at radius 1 is 1.16 bits per heavy atom. The predicted molar refractivity (Wildman–Crippen MR) is 85.8 cm³/mol. The molecule has 10 heteroatoms. The van der Waals surface area contributed by atoms with Gasteiger partial charge in [-0.15, -0.1) is 0 Å². The van der Waals surface area contributed by atoms with E-state index in [2.05, 4.69) is 10.0 Å². The number of aryl methyl sites for hydroxylation is 1. The number of sulfonamides is 1. The normalized spacial score (nSPS) is 13.3. The van der Waals surface area contributed by atoms with Gasteiger partial charge in [-0.2, -0.15) is 0 Å². The molecule has 0 aliphatic rings. The third kappa shape index (κ3) is 4.14. The van der Waals surface area contributed by atoms with Crippen molar-refractivity contribution < 1.29 is 26.7 Å². The number of aliphatic hydroxyl groups excluding tert-OH is 1. The molecule has 0 amide bonds. The molecule has 1 unspecified atom stereocenters. The molecule has 0 saturated carbocycles. The van der Waals surface area contributed by atoms with Crippen LogP contribution in [0.2, 0.25) is 0 Å². The van der Waals surface area contributed by atoms with Crippen molar-refractivity contribution in [2.75, 3.05) is 5.32 Å². The van der Waals surface area contributed by atoms with Gasteiger partial charge in [0.15, 0.2) is 23.7 Å². The molecular formula is C15H18F3N3O3S. The molecule has 0 aliphatic heterocycles. The molecule has 3 N–H and O–H groups in total. The van der Waals surface area contributed by atoms with E-state index in [1.807, 2.05) is 0 Å². The minimum Gasteiger partial charge on any atom is -0.368 e. The van der Waals surface area contributed by atoms with Gasteiger partial charge >= 0.3 is 0 Å². The minimum atomic E-state index is -4.10. The summed E-state index contributed by atoms with van der Waals surface area (Å²) in [6, 6.07) is 2.34. The Hall–Kier alpha value is -2.04. The highest BCUT2D eigenvalue weighted by Gasteiger charge is 2.28. The maximum atomic E-state index is 14.6. The van der Waals surface area contributed by atoms with Crippen LogP contribution in [-0.2, 0) is 17.1 Å². The zero-order chi connectivity index (χ0) is 18.9. The van der Waals surface area contributed by atoms with Gasteiger partial charge in [-0.1, -0.05) is 0 Å². The quantitative estimate of drug-likeness (QED) is 0.674. The van der Waals surface area contributed by atoms with E-state index in [9.17, 15) is 26.7 Å². The fourth-order valence-corrected chi connectivity index (χ4v) is 3.65. The number of nitrogens with one attached hydrogen (secondary N) is 2. The summed E-state index contributed by atoms with van der Waals surface area (Å²) in [5.74, 6) is -3.36. The van der Waals surface area contributed by atoms with Gasteiger partial charge in [0.2, 0.25) is 10.0 Å². The van der Waals surface area contributed by atoms with Crippen molar-refractivity contribution in [1.82, 2.24) is 9.29 Å². The molecule has 6 nitrogen and oxygen atoms in total. The molecule has 0 saturated heterocycles. The highest BCUT2D eigenvalue weighted by molar-refractivity contribution is 7.89. The first-order valence-electron chi connectivity index (χ1n) is 7.29. The first kappa shape index (κ1) is 19.3. The van der Waals surface area contributed by atoms with Crippen LogP contribution in [-0.4, -0.2) is 24.1 Å². The van der Waals surface area contributed by atoms with Crippen LogP contribution in [0.15, 0.2) is 29.3 Å². The summed E-state index contributed by atoms with van der Waals surface area (Å²) in [6.07, 6.45) is -0.663. The van der Waals surface area contributed by atoms with Gasteiger partial charge in [0.25, 0.3) is 0 Å². The van der Waals surface area contributed by atoms with Crippen molar-refractivity contribution in [3.8, 4) is 0 Å². The van der Waals surface area contributed by atoms with E-state index in [1.165, 1.54) is 7.05 Å². The number of benzene rings is 1. The van der Waals surface area contributed by atoms with Crippen molar-refractivity contribution in [2.45, 2.75) is 31.0 Å². The van der Waals surface area contributed by atoms with Gasteiger partial charge in [-0.25, -0.2) is 26.3 Å². The Labute approximate surface area is 143 Å². The first-order valence-corrected chi connectivity index (χ1v) is 8.78. The molecule has 138 valence electrons. The SMILES string of the molecule is CC(C)NS(=O)(=O)c1cn(C)c(C(O)Nc2ccc(F)c(F)c2)c1F. The number of aliphatic hydroxyl groups is 1. The second-order valence-corrected chi connectivity index (χ2v) is 7.44. The molecule has 2 aromatic rings. The van der Waals surface area contributed by atoms with Crippen molar-refractivity contribution in [3.05, 3.63) is 47.5 Å². The minimum absolute atomic E-state index is 0.00304. The average Bonchev–Trinajstić information content (AvgIpc) is 2.77. The summed E-state index contributed by atoms with van der Waals surface area (Å²) in [5, 5.41) is 12.5. The van der Waals surface area contributed by atoms with Crippen LogP contribution >= 0.6 is 0 Å². The number of hydrogen-bond acceptors (Lipinski definition) is 4. The van der Waals surface area contributed by atoms with Gasteiger partial charge in [-0.05, 0) is 26.0 Å². The second kappa shape index (κ2) is 7.06. The van der Waals surface area contributed by atoms with Gasteiger partial charge in [0.05, 0.1) is 0 Å². The second-order valence-electron chi connectivity index (χ2n) is 5.76. The van der Waals surface area contributed by atoms with Crippen LogP contribution < -0.4 is 10.0 Å². The molecule has 1 aromatic heterocycles. The largest absolute Gasteiger partial charge is 0.368 e. The molecule has 0 aliphatic carbocycles. The smallest absolute Gasteiger partial charge is 0.245 e. The molecule has 0 fully saturated rings. The summed E-state index contributed by atoms with van der Waals surface area (Å²) >= 11 is 0. The highest BCUT2D eigenvalue weighted by Crippen LogP contribution is 2.26. The number of hydrogen-bond donors (Lipinski definition) is 3. The van der Waals surface area contributed by atoms with E-state index >= 15 is 0 Å². The lowest BCUT2D eigenvalue weighted by atomic mass is 10.2. The zero-order valence-electron chi connectivity index (χ0n) is 13.7. The van der Waals surface area contributed by atoms with Crippen LogP contribution in [0, 0.1) is 17.5 Å². The van der Waals surface area contributed by atoms with Crippen molar-refractivity contribution in [2.24, 2.45) is 7.05 Å². The Kier molecular flexibility index (Phi) is 5.45. The van der Waals surface area contributed by atoms with Crippen molar-refractivity contribution >= 4 is 15.7 Å². The van der Waals surface area contributed by atoms with E-state index in [0.717, 1.165) is 29.0 Å². The molecule has 25 heavy (non-hydrogen) atoms. The summed E-state index contributed by atoms with van der Waals surface area (Å²) in [5.41, 5.74) is -0.370. The predicted octanol–water partition coefficient (Wildman–Crippen LogP) is 2.23. The maximum Gasteiger partial charge on any atom is 0.245 e. The lowest BCUT2D eigenvalue weighted by molar-refractivity contribution is 0.193. The molecule has 1 atom stereocenters. The first-order chi connectivity index (χ1) is 11.5. The Bertz CT molecular complexity index is 882. The van der Waals surface area contributed by atoms with Crippen LogP contribution in [0.1, 0.15) is 25.8 Å². The number of rotatable bonds is 6. The van der Waals surface area contributed by atoms with E-state index in [1.54, 1.807) is 13.8 Å². The Morgan fingerprint density at radius 2 is 1.80 bits per heavy atom. The molecule has 0 bridgehead atoms. The average molecular weight is 377 g/mol. The number of halogens is 3. The van der Waals surface area contributed by atoms with Gasteiger partial charge in [0.1, 0.15) is 10.6 Å². The monoisotopic (exact) mass is 377 g/mol. The van der Waals surface area contributed by atoms with Gasteiger partial charge in [-0.3, -0.25) is 0 Å². The summed E-state index contributed by atoms with van der Waals surface area (Å²) in [6.45, 7) is 3.16. The van der Waals surface area contributed by atoms with Crippen LogP contribution in [0.5, 0.6) is 0 Å². The molecular weight excluding hydrogens is 359 g/mol. The molecule has 1 heterocycles. The summed E-state index contributed by atoms with van der Waals surface area (Å²) in [7, 11) is -2.75. The fourth-order valence-electron chi connectivity index (χ4n) is 2.27. The van der Waals surface area contributed by atoms with E-state index in [4.69, 9.17) is 0 Å². The lowest BCUT2D eigenvalue weighted by Crippen LogP contribution is -2.30. The van der Waals surface area contributed by atoms with Gasteiger partial charge in [0, 0.05) is 31.0 Å². The molecule has 2 rings (SSSR count). The van der Waals surface area contributed by atoms with Gasteiger partial charge < -0.3 is 15.0 Å². The van der Waals surface area contributed by atoms with Crippen molar-refractivity contribution in [3.63, 3.8) is 0 Å². The highest BCUT2D eigenvalue weighted by atomic mass is 32.2. The fraction of sp³-hybridized carbons (Fsp3) is 0.333. The number of nitrogens with zero attached hydrogens (tertiary/aromatic N) is 1. The third-order valence-electron chi connectivity index (χ3n) is 3.29. The van der Waals surface area contributed by atoms with Crippen LogP contribution in [0.4, 0.5) is 18.9 Å². The molecule has 0 spiro atoms. The topological polar surface area (TPSA) is 83.4 Å². The zero-order valence-corrected chi connectivity index (χ0v) is 14.5. The van der Waals surface area contributed by atoms with Crippen LogP contribution in [0.25, 0.3) is 0 Å². The Morgan fingerprint density at radius 3 is 2.36 bits per heavy atom. The molecule has 0 radical (unpaired) electrons. The van der Waals surface area contributed by atoms with E-state index in [-0.39, 0.29) is 11.4 Å². The lowest BCUT2D eigenvalue weighted by Gasteiger charge is -2.15. The van der Waals surface area contributed by atoms with E-state index < -0.39 is 44.6 Å². The third-order valence-corrected chi connectivity index (χ3v) is 4.94. The van der Waals surface area contributed by atoms with Crippen LogP contribution in [0.3, 0.4) is 0 Å². The standard InChI is InChI=1S/C15H18F3N3O3S/c1-8(2)20-25(23,24)12-7-21(3)14(13(12)18)15(22)19-9-4-5-10(16)11(17)6-9/h4-8,15,19-20,22H,1-3H3. The number of anilines is 1. The molecule has 1 aromatic carbocycles. The van der Waals surface area contributed by atoms with E-state index in [0.29, 0.717) is 0 Å². The Balaban J connectivity index is 2.34. The maximum absolute atomic E-state index is 14.6. The summed E-state index contributed by atoms with van der Waals surface area (Å²) < 4.78 is 68.3. The number of aromatic nitrogens is 1.